The SMILES string of the molecule is COC(=O)CN(C(=O)Cc1ccc(-c2cncc(Br)c2)cc1)C(=O)OC(C)(C)C. The van der Waals surface area contributed by atoms with Crippen LogP contribution in [-0.4, -0.2) is 47.1 Å². The first-order valence-corrected chi connectivity index (χ1v) is 9.68. The van der Waals surface area contributed by atoms with Crippen LogP contribution < -0.4 is 0 Å². The molecule has 0 fully saturated rings. The van der Waals surface area contributed by atoms with Crippen LogP contribution in [0.1, 0.15) is 26.3 Å². The van der Waals surface area contributed by atoms with Gasteiger partial charge < -0.3 is 9.47 Å². The normalized spacial score (nSPS) is 10.9. The third-order valence-corrected chi connectivity index (χ3v) is 4.21. The average molecular weight is 463 g/mol. The number of halogens is 1. The van der Waals surface area contributed by atoms with E-state index in [4.69, 9.17) is 4.74 Å². The smallest absolute Gasteiger partial charge is 0.417 e. The van der Waals surface area contributed by atoms with Crippen molar-refractivity contribution in [1.29, 1.82) is 0 Å². The van der Waals surface area contributed by atoms with Crippen LogP contribution in [0.15, 0.2) is 47.2 Å². The average Bonchev–Trinajstić information content (AvgIpc) is 2.64. The molecule has 8 heteroatoms. The van der Waals surface area contributed by atoms with Gasteiger partial charge in [0.2, 0.25) is 5.91 Å². The molecule has 0 saturated heterocycles. The van der Waals surface area contributed by atoms with Crippen molar-refractivity contribution in [3.05, 3.63) is 52.8 Å². The van der Waals surface area contributed by atoms with Gasteiger partial charge in [0.25, 0.3) is 0 Å². The summed E-state index contributed by atoms with van der Waals surface area (Å²) < 4.78 is 10.7. The fourth-order valence-corrected chi connectivity index (χ4v) is 2.78. The minimum absolute atomic E-state index is 0.0623. The van der Waals surface area contributed by atoms with Crippen LogP contribution in [0.4, 0.5) is 4.79 Å². The first-order chi connectivity index (χ1) is 13.6. The molecule has 2 amide bonds. The summed E-state index contributed by atoms with van der Waals surface area (Å²) in [5.41, 5.74) is 1.76. The number of ether oxygens (including phenoxy) is 2. The molecule has 1 aromatic heterocycles. The Bertz CT molecular complexity index is 891. The number of esters is 1. The summed E-state index contributed by atoms with van der Waals surface area (Å²) in [7, 11) is 1.19. The second kappa shape index (κ2) is 9.65. The van der Waals surface area contributed by atoms with E-state index in [9.17, 15) is 14.4 Å². The lowest BCUT2D eigenvalue weighted by Crippen LogP contribution is -2.44. The molecule has 0 N–H and O–H groups in total. The zero-order valence-electron chi connectivity index (χ0n) is 16.8. The Labute approximate surface area is 178 Å². The monoisotopic (exact) mass is 462 g/mol. The molecule has 1 heterocycles. The second-order valence-electron chi connectivity index (χ2n) is 7.30. The number of aromatic nitrogens is 1. The van der Waals surface area contributed by atoms with E-state index in [0.29, 0.717) is 5.56 Å². The molecule has 154 valence electrons. The number of carbonyl (C=O) groups excluding carboxylic acids is 3. The summed E-state index contributed by atoms with van der Waals surface area (Å²) in [4.78, 5) is 41.6. The van der Waals surface area contributed by atoms with E-state index >= 15 is 0 Å². The fourth-order valence-electron chi connectivity index (χ4n) is 2.42. The summed E-state index contributed by atoms with van der Waals surface area (Å²) in [5.74, 6) is -1.26. The van der Waals surface area contributed by atoms with Gasteiger partial charge in [-0.1, -0.05) is 24.3 Å². The quantitative estimate of drug-likeness (QED) is 0.624. The summed E-state index contributed by atoms with van der Waals surface area (Å²) in [5, 5.41) is 0. The summed E-state index contributed by atoms with van der Waals surface area (Å²) in [6.07, 6.45) is 2.49. The highest BCUT2D eigenvalue weighted by molar-refractivity contribution is 9.10. The molecule has 0 aliphatic heterocycles. The Hall–Kier alpha value is -2.74. The van der Waals surface area contributed by atoms with Crippen molar-refractivity contribution < 1.29 is 23.9 Å². The maximum absolute atomic E-state index is 12.7. The zero-order chi connectivity index (χ0) is 21.6. The summed E-state index contributed by atoms with van der Waals surface area (Å²) in [6.45, 7) is 4.54. The predicted molar refractivity (Wildman–Crippen MR) is 111 cm³/mol. The zero-order valence-corrected chi connectivity index (χ0v) is 18.4. The molecule has 0 bridgehead atoms. The number of pyridine rings is 1. The Kier molecular flexibility index (Phi) is 7.50. The van der Waals surface area contributed by atoms with Crippen LogP contribution in [0.3, 0.4) is 0 Å². The lowest BCUT2D eigenvalue weighted by Gasteiger charge is -2.25. The van der Waals surface area contributed by atoms with Gasteiger partial charge in [-0.2, -0.15) is 0 Å². The van der Waals surface area contributed by atoms with E-state index in [1.54, 1.807) is 45.3 Å². The maximum Gasteiger partial charge on any atom is 0.417 e. The highest BCUT2D eigenvalue weighted by Crippen LogP contribution is 2.22. The van der Waals surface area contributed by atoms with Crippen molar-refractivity contribution in [3.8, 4) is 11.1 Å². The van der Waals surface area contributed by atoms with Crippen molar-refractivity contribution in [2.24, 2.45) is 0 Å². The molecule has 2 rings (SSSR count). The van der Waals surface area contributed by atoms with Crippen LogP contribution in [0.5, 0.6) is 0 Å². The minimum Gasteiger partial charge on any atom is -0.468 e. The third kappa shape index (κ3) is 6.98. The first-order valence-electron chi connectivity index (χ1n) is 8.89. The second-order valence-corrected chi connectivity index (χ2v) is 8.22. The number of methoxy groups -OCH3 is 1. The van der Waals surface area contributed by atoms with Gasteiger partial charge in [-0.15, -0.1) is 0 Å². The molecular formula is C21H23BrN2O5. The molecule has 0 radical (unpaired) electrons. The molecule has 0 aliphatic rings. The van der Waals surface area contributed by atoms with Gasteiger partial charge in [0.1, 0.15) is 12.1 Å². The van der Waals surface area contributed by atoms with E-state index in [0.717, 1.165) is 20.5 Å². The van der Waals surface area contributed by atoms with Gasteiger partial charge >= 0.3 is 12.1 Å². The van der Waals surface area contributed by atoms with Crippen molar-refractivity contribution in [3.63, 3.8) is 0 Å². The maximum atomic E-state index is 12.7. The number of hydrogen-bond acceptors (Lipinski definition) is 6. The van der Waals surface area contributed by atoms with Crippen molar-refractivity contribution in [2.75, 3.05) is 13.7 Å². The molecule has 0 spiro atoms. The molecular weight excluding hydrogens is 440 g/mol. The predicted octanol–water partition coefficient (Wildman–Crippen LogP) is 3.99. The third-order valence-electron chi connectivity index (χ3n) is 3.78. The van der Waals surface area contributed by atoms with Crippen molar-refractivity contribution >= 4 is 33.9 Å². The summed E-state index contributed by atoms with van der Waals surface area (Å²) >= 11 is 3.39. The lowest BCUT2D eigenvalue weighted by atomic mass is 10.0. The Morgan fingerprint density at radius 1 is 1.07 bits per heavy atom. The highest BCUT2D eigenvalue weighted by atomic mass is 79.9. The number of benzene rings is 1. The first kappa shape index (κ1) is 22.5. The van der Waals surface area contributed by atoms with Crippen LogP contribution in [-0.2, 0) is 25.5 Å². The van der Waals surface area contributed by atoms with Gasteiger partial charge in [0.15, 0.2) is 0 Å². The largest absolute Gasteiger partial charge is 0.468 e. The van der Waals surface area contributed by atoms with Crippen molar-refractivity contribution in [1.82, 2.24) is 9.88 Å². The van der Waals surface area contributed by atoms with Gasteiger partial charge in [-0.05, 0) is 53.9 Å². The molecule has 0 aliphatic carbocycles. The van der Waals surface area contributed by atoms with Crippen LogP contribution in [0, 0.1) is 0 Å². The molecule has 2 aromatic rings. The Morgan fingerprint density at radius 3 is 2.28 bits per heavy atom. The summed E-state index contributed by atoms with van der Waals surface area (Å²) in [6, 6.07) is 9.25. The van der Waals surface area contributed by atoms with E-state index < -0.39 is 30.1 Å². The number of amides is 2. The molecule has 1 aromatic carbocycles. The fraction of sp³-hybridized carbons (Fsp3) is 0.333. The van der Waals surface area contributed by atoms with E-state index in [1.807, 2.05) is 18.2 Å². The molecule has 0 atom stereocenters. The van der Waals surface area contributed by atoms with E-state index in [-0.39, 0.29) is 6.42 Å². The minimum atomic E-state index is -0.885. The van der Waals surface area contributed by atoms with E-state index in [2.05, 4.69) is 25.7 Å². The highest BCUT2D eigenvalue weighted by Gasteiger charge is 2.29. The number of carbonyl (C=O) groups is 3. The van der Waals surface area contributed by atoms with Gasteiger partial charge in [0, 0.05) is 22.4 Å². The molecule has 0 unspecified atom stereocenters. The lowest BCUT2D eigenvalue weighted by molar-refractivity contribution is -0.146. The van der Waals surface area contributed by atoms with Crippen LogP contribution in [0.2, 0.25) is 0 Å². The number of imide groups is 1. The number of hydrogen-bond donors (Lipinski definition) is 0. The Morgan fingerprint density at radius 2 is 1.72 bits per heavy atom. The molecule has 29 heavy (non-hydrogen) atoms. The van der Waals surface area contributed by atoms with E-state index in [1.165, 1.54) is 7.11 Å². The number of nitrogens with zero attached hydrogens (tertiary/aromatic N) is 2. The van der Waals surface area contributed by atoms with Gasteiger partial charge in [0.05, 0.1) is 13.5 Å². The van der Waals surface area contributed by atoms with Crippen LogP contribution in [0.25, 0.3) is 11.1 Å². The molecule has 0 saturated carbocycles. The Balaban J connectivity index is 2.15. The standard InChI is InChI=1S/C21H23BrN2O5/c1-21(2,3)29-20(27)24(13-19(26)28-4)18(25)9-14-5-7-15(8-6-14)16-10-17(22)12-23-11-16/h5-8,10-12H,9,13H2,1-4H3. The molecule has 7 nitrogen and oxygen atoms in total. The van der Waals surface area contributed by atoms with Gasteiger partial charge in [-0.25, -0.2) is 9.69 Å². The topological polar surface area (TPSA) is 85.8 Å². The van der Waals surface area contributed by atoms with Crippen LogP contribution >= 0.6 is 15.9 Å². The van der Waals surface area contributed by atoms with Gasteiger partial charge in [-0.3, -0.25) is 14.6 Å². The van der Waals surface area contributed by atoms with Crippen molar-refractivity contribution in [2.45, 2.75) is 32.8 Å². The number of rotatable bonds is 5.